The second-order valence-electron chi connectivity index (χ2n) is 2.92. The van der Waals surface area contributed by atoms with Crippen LogP contribution in [0.5, 0.6) is 0 Å². The molecule has 4 nitrogen and oxygen atoms in total. The van der Waals surface area contributed by atoms with E-state index < -0.39 is 0 Å². The van der Waals surface area contributed by atoms with Crippen molar-refractivity contribution in [2.75, 3.05) is 0 Å². The molecule has 0 aromatic carbocycles. The van der Waals surface area contributed by atoms with Crippen molar-refractivity contribution in [3.8, 4) is 0 Å². The molecule has 0 atom stereocenters. The van der Waals surface area contributed by atoms with Crippen LogP contribution in [0.25, 0.3) is 0 Å². The molecule has 5 heteroatoms. The van der Waals surface area contributed by atoms with Crippen molar-refractivity contribution in [1.29, 1.82) is 0 Å². The summed E-state index contributed by atoms with van der Waals surface area (Å²) < 4.78 is 5.09. The third-order valence-corrected chi connectivity index (χ3v) is 2.66. The Kier molecular flexibility index (Phi) is 2.90. The molecule has 0 radical (unpaired) electrons. The molecule has 2 heterocycles. The Hall–Kier alpha value is -1.20. The molecule has 0 aliphatic carbocycles. The Labute approximate surface area is 86.0 Å². The van der Waals surface area contributed by atoms with Crippen molar-refractivity contribution >= 4 is 11.3 Å². The summed E-state index contributed by atoms with van der Waals surface area (Å²) in [6.07, 6.45) is 5.05. The van der Waals surface area contributed by atoms with Crippen molar-refractivity contribution < 1.29 is 4.42 Å². The number of aryl methyl sites for hydroxylation is 1. The fourth-order valence-electron chi connectivity index (χ4n) is 1.13. The van der Waals surface area contributed by atoms with Gasteiger partial charge >= 0.3 is 0 Å². The predicted molar refractivity (Wildman–Crippen MR) is 53.9 cm³/mol. The molecule has 2 aromatic heterocycles. The lowest BCUT2D eigenvalue weighted by molar-refractivity contribution is 0.479. The van der Waals surface area contributed by atoms with Gasteiger partial charge in [-0.05, 0) is 6.92 Å². The van der Waals surface area contributed by atoms with E-state index >= 15 is 0 Å². The smallest absolute Gasteiger partial charge is 0.180 e. The van der Waals surface area contributed by atoms with Crippen molar-refractivity contribution in [2.45, 2.75) is 20.0 Å². The lowest BCUT2D eigenvalue weighted by Gasteiger charge is -1.97. The predicted octanol–water partition coefficient (Wildman–Crippen LogP) is 1.73. The highest BCUT2D eigenvalue weighted by Crippen LogP contribution is 2.10. The summed E-state index contributed by atoms with van der Waals surface area (Å²) in [6, 6.07) is 0. The standard InChI is InChI=1S/C9H11N3OS/c1-7-12-5-9(14-7)4-10-2-8-3-11-6-13-8/h3,5-6,10H,2,4H2,1H3. The Morgan fingerprint density at radius 1 is 1.43 bits per heavy atom. The molecule has 2 rings (SSSR count). The first-order valence-electron chi connectivity index (χ1n) is 4.34. The summed E-state index contributed by atoms with van der Waals surface area (Å²) in [5, 5.41) is 4.35. The molecule has 0 aliphatic heterocycles. The average Bonchev–Trinajstić information content (AvgIpc) is 2.77. The highest BCUT2D eigenvalue weighted by atomic mass is 32.1. The topological polar surface area (TPSA) is 51.0 Å². The fourth-order valence-corrected chi connectivity index (χ4v) is 1.89. The van der Waals surface area contributed by atoms with Crippen LogP contribution in [0.3, 0.4) is 0 Å². The summed E-state index contributed by atoms with van der Waals surface area (Å²) in [5.74, 6) is 0.853. The molecule has 0 amide bonds. The minimum atomic E-state index is 0.705. The molecule has 0 spiro atoms. The largest absolute Gasteiger partial charge is 0.447 e. The highest BCUT2D eigenvalue weighted by molar-refractivity contribution is 7.11. The van der Waals surface area contributed by atoms with Gasteiger partial charge in [-0.25, -0.2) is 9.97 Å². The first kappa shape index (κ1) is 9.36. The molecule has 0 saturated heterocycles. The van der Waals surface area contributed by atoms with Gasteiger partial charge in [0.1, 0.15) is 5.76 Å². The maximum absolute atomic E-state index is 5.09. The minimum absolute atomic E-state index is 0.705. The maximum Gasteiger partial charge on any atom is 0.180 e. The lowest BCUT2D eigenvalue weighted by Crippen LogP contribution is -2.10. The minimum Gasteiger partial charge on any atom is -0.447 e. The van der Waals surface area contributed by atoms with E-state index in [-0.39, 0.29) is 0 Å². The molecule has 0 aliphatic rings. The monoisotopic (exact) mass is 209 g/mol. The number of nitrogens with one attached hydrogen (secondary N) is 1. The molecule has 0 saturated carbocycles. The van der Waals surface area contributed by atoms with E-state index in [2.05, 4.69) is 15.3 Å². The molecule has 0 fully saturated rings. The van der Waals surface area contributed by atoms with Crippen LogP contribution >= 0.6 is 11.3 Å². The molecule has 1 N–H and O–H groups in total. The molecule has 74 valence electrons. The summed E-state index contributed by atoms with van der Waals surface area (Å²) in [5.41, 5.74) is 0. The number of hydrogen-bond donors (Lipinski definition) is 1. The summed E-state index contributed by atoms with van der Waals surface area (Å²) in [4.78, 5) is 9.25. The second-order valence-corrected chi connectivity index (χ2v) is 4.24. The van der Waals surface area contributed by atoms with E-state index in [4.69, 9.17) is 4.42 Å². The van der Waals surface area contributed by atoms with Gasteiger partial charge in [-0.2, -0.15) is 0 Å². The molecule has 0 unspecified atom stereocenters. The molecule has 14 heavy (non-hydrogen) atoms. The van der Waals surface area contributed by atoms with E-state index in [0.717, 1.165) is 17.3 Å². The van der Waals surface area contributed by atoms with Gasteiger partial charge in [-0.3, -0.25) is 0 Å². The number of nitrogens with zero attached hydrogens (tertiary/aromatic N) is 2. The zero-order valence-corrected chi connectivity index (χ0v) is 8.67. The summed E-state index contributed by atoms with van der Waals surface area (Å²) in [7, 11) is 0. The van der Waals surface area contributed by atoms with E-state index in [1.165, 1.54) is 11.3 Å². The highest BCUT2D eigenvalue weighted by Gasteiger charge is 1.99. The Bertz CT molecular complexity index is 382. The van der Waals surface area contributed by atoms with Crippen LogP contribution in [-0.4, -0.2) is 9.97 Å². The van der Waals surface area contributed by atoms with E-state index in [9.17, 15) is 0 Å². The van der Waals surface area contributed by atoms with E-state index in [1.807, 2.05) is 13.1 Å². The summed E-state index contributed by atoms with van der Waals surface area (Å²) >= 11 is 1.71. The summed E-state index contributed by atoms with van der Waals surface area (Å²) in [6.45, 7) is 3.54. The van der Waals surface area contributed by atoms with Crippen molar-refractivity contribution in [1.82, 2.24) is 15.3 Å². The van der Waals surface area contributed by atoms with Gasteiger partial charge in [0.25, 0.3) is 0 Å². The van der Waals surface area contributed by atoms with Crippen molar-refractivity contribution in [3.05, 3.63) is 34.4 Å². The number of rotatable bonds is 4. The number of hydrogen-bond acceptors (Lipinski definition) is 5. The molecular weight excluding hydrogens is 198 g/mol. The van der Waals surface area contributed by atoms with Gasteiger partial charge in [0, 0.05) is 17.6 Å². The van der Waals surface area contributed by atoms with Crippen LogP contribution in [0.15, 0.2) is 23.2 Å². The Morgan fingerprint density at radius 3 is 3.00 bits per heavy atom. The molecular formula is C9H11N3OS. The van der Waals surface area contributed by atoms with Gasteiger partial charge in [-0.15, -0.1) is 11.3 Å². The van der Waals surface area contributed by atoms with Gasteiger partial charge in [0.2, 0.25) is 0 Å². The van der Waals surface area contributed by atoms with Gasteiger partial charge < -0.3 is 9.73 Å². The fraction of sp³-hybridized carbons (Fsp3) is 0.333. The first-order chi connectivity index (χ1) is 6.84. The van der Waals surface area contributed by atoms with E-state index in [1.54, 1.807) is 17.5 Å². The lowest BCUT2D eigenvalue weighted by atomic mass is 10.4. The second kappa shape index (κ2) is 4.34. The van der Waals surface area contributed by atoms with Crippen molar-refractivity contribution in [2.24, 2.45) is 0 Å². The quantitative estimate of drug-likeness (QED) is 0.833. The van der Waals surface area contributed by atoms with Crippen LogP contribution in [0.2, 0.25) is 0 Å². The van der Waals surface area contributed by atoms with Crippen LogP contribution in [0.1, 0.15) is 15.6 Å². The Morgan fingerprint density at radius 2 is 2.36 bits per heavy atom. The third-order valence-electron chi connectivity index (χ3n) is 1.75. The number of thiazole rings is 1. The zero-order chi connectivity index (χ0) is 9.80. The van der Waals surface area contributed by atoms with Crippen LogP contribution in [0.4, 0.5) is 0 Å². The zero-order valence-electron chi connectivity index (χ0n) is 7.86. The molecule has 0 bridgehead atoms. The van der Waals surface area contributed by atoms with Crippen molar-refractivity contribution in [3.63, 3.8) is 0 Å². The average molecular weight is 209 g/mol. The van der Waals surface area contributed by atoms with Gasteiger partial charge in [-0.1, -0.05) is 0 Å². The first-order valence-corrected chi connectivity index (χ1v) is 5.15. The van der Waals surface area contributed by atoms with Crippen LogP contribution in [0, 0.1) is 6.92 Å². The van der Waals surface area contributed by atoms with Crippen LogP contribution < -0.4 is 5.32 Å². The molecule has 2 aromatic rings. The van der Waals surface area contributed by atoms with Crippen LogP contribution in [-0.2, 0) is 13.1 Å². The van der Waals surface area contributed by atoms with E-state index in [0.29, 0.717) is 6.54 Å². The normalized spacial score (nSPS) is 10.6. The number of oxazole rings is 1. The third kappa shape index (κ3) is 2.40. The van der Waals surface area contributed by atoms with Gasteiger partial charge in [0.05, 0.1) is 17.7 Å². The SMILES string of the molecule is Cc1ncc(CNCc2cnco2)s1. The van der Waals surface area contributed by atoms with Gasteiger partial charge in [0.15, 0.2) is 6.39 Å². The Balaban J connectivity index is 1.78. The maximum atomic E-state index is 5.09. The number of aromatic nitrogens is 2.